The van der Waals surface area contributed by atoms with Crippen LogP contribution in [0.3, 0.4) is 0 Å². The van der Waals surface area contributed by atoms with Crippen LogP contribution >= 0.6 is 0 Å². The molecule has 1 aromatic carbocycles. The molecule has 0 atom stereocenters. The molecule has 118 valence electrons. The monoisotopic (exact) mass is 320 g/mol. The Morgan fingerprint density at radius 3 is 2.41 bits per heavy atom. The molecular formula is C16H20N2O3S. The summed E-state index contributed by atoms with van der Waals surface area (Å²) in [7, 11) is -2.21. The molecule has 6 heteroatoms. The van der Waals surface area contributed by atoms with Crippen LogP contribution in [0.5, 0.6) is 5.75 Å². The summed E-state index contributed by atoms with van der Waals surface area (Å²) in [5, 5.41) is 0. The van der Waals surface area contributed by atoms with Crippen molar-refractivity contribution in [2.45, 2.75) is 31.3 Å². The van der Waals surface area contributed by atoms with Crippen molar-refractivity contribution in [2.75, 3.05) is 7.11 Å². The van der Waals surface area contributed by atoms with Gasteiger partial charge in [0.15, 0.2) is 0 Å². The van der Waals surface area contributed by atoms with Crippen molar-refractivity contribution >= 4 is 10.0 Å². The second-order valence-corrected chi connectivity index (χ2v) is 6.97. The fourth-order valence-electron chi connectivity index (χ4n) is 2.15. The minimum Gasteiger partial charge on any atom is -0.495 e. The van der Waals surface area contributed by atoms with Crippen molar-refractivity contribution in [3.63, 3.8) is 0 Å². The normalized spacial score (nSPS) is 11.9. The van der Waals surface area contributed by atoms with Crippen LogP contribution < -0.4 is 4.74 Å². The minimum atomic E-state index is -3.67. The van der Waals surface area contributed by atoms with Gasteiger partial charge in [-0.2, -0.15) is 4.31 Å². The Balaban J connectivity index is 2.43. The lowest BCUT2D eigenvalue weighted by Gasteiger charge is -2.26. The molecule has 0 spiro atoms. The van der Waals surface area contributed by atoms with Gasteiger partial charge in [0.05, 0.1) is 19.3 Å². The van der Waals surface area contributed by atoms with Gasteiger partial charge >= 0.3 is 0 Å². The fraction of sp³-hybridized carbons (Fsp3) is 0.312. The van der Waals surface area contributed by atoms with Crippen LogP contribution in [-0.2, 0) is 16.6 Å². The zero-order valence-corrected chi connectivity index (χ0v) is 13.7. The number of methoxy groups -OCH3 is 1. The zero-order chi connectivity index (χ0) is 16.2. The van der Waals surface area contributed by atoms with Crippen LogP contribution in [0.1, 0.15) is 19.5 Å². The Hall–Kier alpha value is -1.92. The minimum absolute atomic E-state index is 0.169. The molecule has 0 aliphatic carbocycles. The molecule has 0 saturated heterocycles. The van der Waals surface area contributed by atoms with Gasteiger partial charge in [-0.25, -0.2) is 8.42 Å². The van der Waals surface area contributed by atoms with Crippen LogP contribution in [0.15, 0.2) is 53.6 Å². The number of aromatic nitrogens is 1. The van der Waals surface area contributed by atoms with Crippen molar-refractivity contribution in [3.8, 4) is 5.75 Å². The molecule has 0 radical (unpaired) electrons. The van der Waals surface area contributed by atoms with E-state index in [1.807, 2.05) is 26.0 Å². The lowest BCUT2D eigenvalue weighted by atomic mass is 10.3. The highest BCUT2D eigenvalue weighted by Gasteiger charge is 2.30. The first kappa shape index (κ1) is 16.5. The third kappa shape index (κ3) is 3.45. The van der Waals surface area contributed by atoms with Gasteiger partial charge in [-0.05, 0) is 38.1 Å². The Labute approximate surface area is 131 Å². The Morgan fingerprint density at radius 1 is 1.14 bits per heavy atom. The molecule has 5 nitrogen and oxygen atoms in total. The number of benzene rings is 1. The summed E-state index contributed by atoms with van der Waals surface area (Å²) < 4.78 is 32.6. The van der Waals surface area contributed by atoms with E-state index >= 15 is 0 Å². The average Bonchev–Trinajstić information content (AvgIpc) is 2.53. The second-order valence-electron chi connectivity index (χ2n) is 5.12. The molecule has 0 N–H and O–H groups in total. The highest BCUT2D eigenvalue weighted by Crippen LogP contribution is 2.28. The van der Waals surface area contributed by atoms with Crippen molar-refractivity contribution in [3.05, 3.63) is 54.4 Å². The molecule has 0 bridgehead atoms. The Morgan fingerprint density at radius 2 is 1.82 bits per heavy atom. The molecule has 2 rings (SSSR count). The van der Waals surface area contributed by atoms with Gasteiger partial charge in [0.25, 0.3) is 0 Å². The van der Waals surface area contributed by atoms with Crippen molar-refractivity contribution in [1.29, 1.82) is 0 Å². The van der Waals surface area contributed by atoms with E-state index < -0.39 is 10.0 Å². The summed E-state index contributed by atoms with van der Waals surface area (Å²) in [4.78, 5) is 4.38. The third-order valence-electron chi connectivity index (χ3n) is 3.28. The molecule has 0 aliphatic rings. The largest absolute Gasteiger partial charge is 0.495 e. The van der Waals surface area contributed by atoms with E-state index in [2.05, 4.69) is 4.98 Å². The van der Waals surface area contributed by atoms with Gasteiger partial charge in [-0.3, -0.25) is 4.98 Å². The summed E-state index contributed by atoms with van der Waals surface area (Å²) in [5.41, 5.74) is 0.703. The zero-order valence-electron chi connectivity index (χ0n) is 12.9. The summed E-state index contributed by atoms with van der Waals surface area (Å²) >= 11 is 0. The Bertz CT molecular complexity index is 715. The first-order chi connectivity index (χ1) is 10.5. The topological polar surface area (TPSA) is 59.5 Å². The van der Waals surface area contributed by atoms with Crippen LogP contribution in [0, 0.1) is 0 Å². The number of hydrogen-bond donors (Lipinski definition) is 0. The van der Waals surface area contributed by atoms with Gasteiger partial charge in [0, 0.05) is 12.2 Å². The summed E-state index contributed by atoms with van der Waals surface area (Å²) in [6.45, 7) is 3.91. The molecular weight excluding hydrogens is 300 g/mol. The molecule has 0 fully saturated rings. The predicted octanol–water partition coefficient (Wildman–Crippen LogP) is 2.69. The first-order valence-electron chi connectivity index (χ1n) is 7.01. The van der Waals surface area contributed by atoms with E-state index in [1.54, 1.807) is 36.5 Å². The van der Waals surface area contributed by atoms with Crippen LogP contribution in [0.2, 0.25) is 0 Å². The molecule has 0 amide bonds. The lowest BCUT2D eigenvalue weighted by molar-refractivity contribution is 0.340. The average molecular weight is 320 g/mol. The fourth-order valence-corrected chi connectivity index (χ4v) is 3.92. The molecule has 22 heavy (non-hydrogen) atoms. The van der Waals surface area contributed by atoms with Gasteiger partial charge < -0.3 is 4.74 Å². The van der Waals surface area contributed by atoms with E-state index in [0.717, 1.165) is 0 Å². The smallest absolute Gasteiger partial charge is 0.247 e. The second kappa shape index (κ2) is 6.89. The molecule has 0 unspecified atom stereocenters. The standard InChI is InChI=1S/C16H20N2O3S/c1-13(2)18(12-14-8-6-7-11-17-14)22(19,20)16-10-5-4-9-15(16)21-3/h4-11,13H,12H2,1-3H3. The molecule has 0 saturated carbocycles. The molecule has 1 aromatic heterocycles. The van der Waals surface area contributed by atoms with Crippen LogP contribution in [-0.4, -0.2) is 30.9 Å². The summed E-state index contributed by atoms with van der Waals surface area (Å²) in [6, 6.07) is 11.9. The number of pyridine rings is 1. The number of nitrogens with zero attached hydrogens (tertiary/aromatic N) is 2. The van der Waals surface area contributed by atoms with Gasteiger partial charge in [0.1, 0.15) is 10.6 Å². The van der Waals surface area contributed by atoms with E-state index in [1.165, 1.54) is 11.4 Å². The maximum absolute atomic E-state index is 13.0. The molecule has 0 aliphatic heterocycles. The SMILES string of the molecule is COc1ccccc1S(=O)(=O)N(Cc1ccccn1)C(C)C. The molecule has 2 aromatic rings. The quantitative estimate of drug-likeness (QED) is 0.821. The van der Waals surface area contributed by atoms with Crippen molar-refractivity contribution < 1.29 is 13.2 Å². The summed E-state index contributed by atoms with van der Waals surface area (Å²) in [6.07, 6.45) is 1.66. The van der Waals surface area contributed by atoms with E-state index in [9.17, 15) is 8.42 Å². The number of para-hydroxylation sites is 1. The number of rotatable bonds is 6. The van der Waals surface area contributed by atoms with E-state index in [0.29, 0.717) is 11.4 Å². The summed E-state index contributed by atoms with van der Waals surface area (Å²) in [5.74, 6) is 0.342. The number of hydrogen-bond acceptors (Lipinski definition) is 4. The highest BCUT2D eigenvalue weighted by atomic mass is 32.2. The highest BCUT2D eigenvalue weighted by molar-refractivity contribution is 7.89. The van der Waals surface area contributed by atoms with E-state index in [-0.39, 0.29) is 17.5 Å². The van der Waals surface area contributed by atoms with Crippen molar-refractivity contribution in [1.82, 2.24) is 9.29 Å². The number of ether oxygens (including phenoxy) is 1. The number of sulfonamides is 1. The first-order valence-corrected chi connectivity index (χ1v) is 8.45. The Kier molecular flexibility index (Phi) is 5.15. The van der Waals surface area contributed by atoms with Crippen molar-refractivity contribution in [2.24, 2.45) is 0 Å². The van der Waals surface area contributed by atoms with E-state index in [4.69, 9.17) is 4.74 Å². The van der Waals surface area contributed by atoms with Gasteiger partial charge in [0.2, 0.25) is 10.0 Å². The maximum atomic E-state index is 13.0. The van der Waals surface area contributed by atoms with Gasteiger partial charge in [-0.1, -0.05) is 18.2 Å². The third-order valence-corrected chi connectivity index (χ3v) is 5.34. The van der Waals surface area contributed by atoms with Crippen LogP contribution in [0.4, 0.5) is 0 Å². The molecule has 1 heterocycles. The maximum Gasteiger partial charge on any atom is 0.247 e. The predicted molar refractivity (Wildman–Crippen MR) is 85.1 cm³/mol. The lowest BCUT2D eigenvalue weighted by Crippen LogP contribution is -2.36. The van der Waals surface area contributed by atoms with Gasteiger partial charge in [-0.15, -0.1) is 0 Å². The van der Waals surface area contributed by atoms with Crippen LogP contribution in [0.25, 0.3) is 0 Å².